The Kier molecular flexibility index (Phi) is 8.81. The highest BCUT2D eigenvalue weighted by molar-refractivity contribution is 7.92. The summed E-state index contributed by atoms with van der Waals surface area (Å²) in [6.07, 6.45) is 1.40. The van der Waals surface area contributed by atoms with Crippen molar-refractivity contribution in [2.24, 2.45) is 0 Å². The Hall–Kier alpha value is -3.14. The van der Waals surface area contributed by atoms with Crippen molar-refractivity contribution in [3.63, 3.8) is 0 Å². The Labute approximate surface area is 195 Å². The van der Waals surface area contributed by atoms with Gasteiger partial charge in [0.2, 0.25) is 15.9 Å². The number of nitro benzene ring substituents is 1. The number of carbonyl (C=O) groups excluding carboxylic acids is 1. The van der Waals surface area contributed by atoms with Crippen LogP contribution in [0, 0.1) is 10.1 Å². The van der Waals surface area contributed by atoms with Crippen LogP contribution in [0.1, 0.15) is 39.2 Å². The van der Waals surface area contributed by atoms with E-state index in [0.29, 0.717) is 13.2 Å². The zero-order valence-electron chi connectivity index (χ0n) is 19.4. The fourth-order valence-electron chi connectivity index (χ4n) is 3.13. The SMILES string of the molecule is CC(C)(C)c1ccc(OCCNC(=O)CCCN(c2cccc([N+](=O)[O-])c2)S(C)(=O)=O)cc1. The van der Waals surface area contributed by atoms with Gasteiger partial charge in [-0.15, -0.1) is 0 Å². The number of non-ortho nitro benzene ring substituents is 1. The third kappa shape index (κ3) is 8.38. The van der Waals surface area contributed by atoms with E-state index >= 15 is 0 Å². The first-order chi connectivity index (χ1) is 15.4. The van der Waals surface area contributed by atoms with Crippen molar-refractivity contribution >= 4 is 27.3 Å². The van der Waals surface area contributed by atoms with Gasteiger partial charge in [0, 0.05) is 25.1 Å². The molecule has 0 radical (unpaired) electrons. The molecule has 0 unspecified atom stereocenters. The third-order valence-corrected chi connectivity index (χ3v) is 6.10. The minimum atomic E-state index is -3.66. The summed E-state index contributed by atoms with van der Waals surface area (Å²) in [6, 6.07) is 13.2. The van der Waals surface area contributed by atoms with Gasteiger partial charge in [0.25, 0.3) is 5.69 Å². The predicted molar refractivity (Wildman–Crippen MR) is 128 cm³/mol. The molecule has 2 aromatic carbocycles. The smallest absolute Gasteiger partial charge is 0.271 e. The first-order valence-electron chi connectivity index (χ1n) is 10.6. The standard InChI is InChI=1S/C23H31N3O6S/c1-23(2,3)18-10-12-21(13-11-18)32-16-14-24-22(27)9-6-15-25(33(4,30)31)19-7-5-8-20(17-19)26(28)29/h5,7-8,10-13,17H,6,9,14-16H2,1-4H3,(H,24,27). The molecule has 0 atom stereocenters. The van der Waals surface area contributed by atoms with Crippen molar-refractivity contribution < 1.29 is 22.9 Å². The fourth-order valence-corrected chi connectivity index (χ4v) is 4.09. The van der Waals surface area contributed by atoms with Gasteiger partial charge in [-0.25, -0.2) is 8.42 Å². The maximum Gasteiger partial charge on any atom is 0.271 e. The lowest BCUT2D eigenvalue weighted by Gasteiger charge is -2.22. The Balaban J connectivity index is 1.79. The molecule has 0 aliphatic carbocycles. The zero-order valence-corrected chi connectivity index (χ0v) is 20.2. The monoisotopic (exact) mass is 477 g/mol. The van der Waals surface area contributed by atoms with Gasteiger partial charge in [0.1, 0.15) is 12.4 Å². The van der Waals surface area contributed by atoms with Crippen LogP contribution in [-0.2, 0) is 20.2 Å². The first-order valence-corrected chi connectivity index (χ1v) is 12.4. The van der Waals surface area contributed by atoms with Gasteiger partial charge in [-0.05, 0) is 35.6 Å². The van der Waals surface area contributed by atoms with Gasteiger partial charge < -0.3 is 10.1 Å². The topological polar surface area (TPSA) is 119 Å². The van der Waals surface area contributed by atoms with Crippen molar-refractivity contribution in [3.05, 3.63) is 64.2 Å². The molecule has 0 heterocycles. The van der Waals surface area contributed by atoms with E-state index in [9.17, 15) is 23.3 Å². The molecule has 0 saturated carbocycles. The molecule has 1 amide bonds. The molecule has 10 heteroatoms. The summed E-state index contributed by atoms with van der Waals surface area (Å²) in [5, 5.41) is 13.7. The van der Waals surface area contributed by atoms with Crippen LogP contribution in [0.4, 0.5) is 11.4 Å². The third-order valence-electron chi connectivity index (χ3n) is 4.91. The Morgan fingerprint density at radius 3 is 2.39 bits per heavy atom. The number of sulfonamides is 1. The van der Waals surface area contributed by atoms with Crippen LogP contribution in [0.2, 0.25) is 0 Å². The van der Waals surface area contributed by atoms with Gasteiger partial charge in [-0.3, -0.25) is 19.2 Å². The van der Waals surface area contributed by atoms with E-state index in [2.05, 4.69) is 26.1 Å². The van der Waals surface area contributed by atoms with Gasteiger partial charge in [-0.2, -0.15) is 0 Å². The van der Waals surface area contributed by atoms with Crippen LogP contribution in [-0.4, -0.2) is 45.2 Å². The van der Waals surface area contributed by atoms with Crippen LogP contribution in [0.5, 0.6) is 5.75 Å². The highest BCUT2D eigenvalue weighted by atomic mass is 32.2. The van der Waals surface area contributed by atoms with E-state index in [-0.39, 0.29) is 42.1 Å². The van der Waals surface area contributed by atoms with Crippen LogP contribution < -0.4 is 14.4 Å². The molecular formula is C23H31N3O6S. The fraction of sp³-hybridized carbons (Fsp3) is 0.435. The number of amides is 1. The number of anilines is 1. The average Bonchev–Trinajstić information content (AvgIpc) is 2.73. The molecule has 2 rings (SSSR count). The normalized spacial score (nSPS) is 11.6. The van der Waals surface area contributed by atoms with E-state index in [1.165, 1.54) is 29.8 Å². The van der Waals surface area contributed by atoms with E-state index in [4.69, 9.17) is 4.74 Å². The summed E-state index contributed by atoms with van der Waals surface area (Å²) in [4.78, 5) is 22.5. The Morgan fingerprint density at radius 2 is 1.82 bits per heavy atom. The molecule has 0 fully saturated rings. The molecule has 1 N–H and O–H groups in total. The second-order valence-electron chi connectivity index (χ2n) is 8.69. The predicted octanol–water partition coefficient (Wildman–Crippen LogP) is 3.63. The van der Waals surface area contributed by atoms with Crippen molar-refractivity contribution in [1.82, 2.24) is 5.32 Å². The van der Waals surface area contributed by atoms with Crippen molar-refractivity contribution in [2.45, 2.75) is 39.0 Å². The van der Waals surface area contributed by atoms with Crippen molar-refractivity contribution in [1.29, 1.82) is 0 Å². The van der Waals surface area contributed by atoms with E-state index in [1.807, 2.05) is 24.3 Å². The molecule has 180 valence electrons. The molecule has 0 bridgehead atoms. The first kappa shape index (κ1) is 26.1. The van der Waals surface area contributed by atoms with Gasteiger partial charge >= 0.3 is 0 Å². The van der Waals surface area contributed by atoms with Crippen LogP contribution in [0.15, 0.2) is 48.5 Å². The number of carbonyl (C=O) groups is 1. The van der Waals surface area contributed by atoms with Gasteiger partial charge in [0.15, 0.2) is 0 Å². The second kappa shape index (κ2) is 11.1. The number of benzene rings is 2. The minimum Gasteiger partial charge on any atom is -0.492 e. The Bertz CT molecular complexity index is 1060. The van der Waals surface area contributed by atoms with Crippen LogP contribution >= 0.6 is 0 Å². The minimum absolute atomic E-state index is 0.0318. The number of hydrogen-bond acceptors (Lipinski definition) is 6. The maximum atomic E-state index is 12.1. The summed E-state index contributed by atoms with van der Waals surface area (Å²) in [5.41, 5.74) is 1.26. The highest BCUT2D eigenvalue weighted by Gasteiger charge is 2.20. The lowest BCUT2D eigenvalue weighted by Crippen LogP contribution is -2.33. The van der Waals surface area contributed by atoms with E-state index in [1.54, 1.807) is 0 Å². The lowest BCUT2D eigenvalue weighted by molar-refractivity contribution is -0.384. The number of rotatable bonds is 11. The molecule has 0 saturated heterocycles. The van der Waals surface area contributed by atoms with Crippen LogP contribution in [0.3, 0.4) is 0 Å². The Morgan fingerprint density at radius 1 is 1.15 bits per heavy atom. The highest BCUT2D eigenvalue weighted by Crippen LogP contribution is 2.25. The zero-order chi connectivity index (χ0) is 24.6. The quantitative estimate of drug-likeness (QED) is 0.300. The molecule has 2 aromatic rings. The summed E-state index contributed by atoms with van der Waals surface area (Å²) in [5.74, 6) is 0.493. The molecule has 33 heavy (non-hydrogen) atoms. The van der Waals surface area contributed by atoms with Gasteiger partial charge in [0.05, 0.1) is 23.4 Å². The molecule has 0 spiro atoms. The molecule has 0 aliphatic rings. The molecule has 0 aromatic heterocycles. The maximum absolute atomic E-state index is 12.1. The van der Waals surface area contributed by atoms with E-state index < -0.39 is 14.9 Å². The molecule has 0 aliphatic heterocycles. The number of ether oxygens (including phenoxy) is 1. The number of nitrogens with zero attached hydrogens (tertiary/aromatic N) is 2. The summed E-state index contributed by atoms with van der Waals surface area (Å²) in [7, 11) is -3.66. The second-order valence-corrected chi connectivity index (χ2v) is 10.6. The van der Waals surface area contributed by atoms with Crippen LogP contribution in [0.25, 0.3) is 0 Å². The lowest BCUT2D eigenvalue weighted by atomic mass is 9.87. The number of nitrogens with one attached hydrogen (secondary N) is 1. The summed E-state index contributed by atoms with van der Waals surface area (Å²) in [6.45, 7) is 7.07. The van der Waals surface area contributed by atoms with E-state index in [0.717, 1.165) is 16.3 Å². The summed E-state index contributed by atoms with van der Waals surface area (Å²) >= 11 is 0. The average molecular weight is 478 g/mol. The number of nitro groups is 1. The van der Waals surface area contributed by atoms with Crippen molar-refractivity contribution in [2.75, 3.05) is 30.3 Å². The van der Waals surface area contributed by atoms with Crippen molar-refractivity contribution in [3.8, 4) is 5.75 Å². The number of hydrogen-bond donors (Lipinski definition) is 1. The molecule has 9 nitrogen and oxygen atoms in total. The molecular weight excluding hydrogens is 446 g/mol. The summed E-state index contributed by atoms with van der Waals surface area (Å²) < 4.78 is 31.0. The largest absolute Gasteiger partial charge is 0.492 e. The van der Waals surface area contributed by atoms with Gasteiger partial charge in [-0.1, -0.05) is 39.0 Å².